The Morgan fingerprint density at radius 3 is 2.61 bits per heavy atom. The Kier molecular flexibility index (Phi) is 6.05. The molecule has 0 aliphatic carbocycles. The fourth-order valence-corrected chi connectivity index (χ4v) is 2.76. The second kappa shape index (κ2) is 6.85. The normalized spacial score (nSPS) is 23.8. The van der Waals surface area contributed by atoms with E-state index in [4.69, 9.17) is 10.5 Å². The number of hydrogen-bond acceptors (Lipinski definition) is 4. The average Bonchev–Trinajstić information content (AvgIpc) is 2.72. The summed E-state index contributed by atoms with van der Waals surface area (Å²) in [5.41, 5.74) is 5.84. The van der Waals surface area contributed by atoms with Crippen LogP contribution in [-0.4, -0.2) is 68.3 Å². The van der Waals surface area contributed by atoms with Gasteiger partial charge in [0.15, 0.2) is 0 Å². The Balaban J connectivity index is 2.48. The molecule has 2 atom stereocenters. The van der Waals surface area contributed by atoms with Gasteiger partial charge in [0.1, 0.15) is 0 Å². The lowest BCUT2D eigenvalue weighted by molar-refractivity contribution is -0.00637. The van der Waals surface area contributed by atoms with Crippen molar-refractivity contribution in [1.29, 1.82) is 0 Å². The van der Waals surface area contributed by atoms with Gasteiger partial charge in [-0.05, 0) is 53.8 Å². The van der Waals surface area contributed by atoms with Gasteiger partial charge in [0.25, 0.3) is 0 Å². The first kappa shape index (κ1) is 15.9. The number of ether oxygens (including phenoxy) is 1. The highest BCUT2D eigenvalue weighted by molar-refractivity contribution is 4.84. The van der Waals surface area contributed by atoms with Crippen molar-refractivity contribution < 1.29 is 4.74 Å². The maximum absolute atomic E-state index is 5.93. The van der Waals surface area contributed by atoms with Gasteiger partial charge in [-0.15, -0.1) is 0 Å². The molecule has 1 aliphatic heterocycles. The van der Waals surface area contributed by atoms with E-state index < -0.39 is 0 Å². The van der Waals surface area contributed by atoms with Crippen LogP contribution in [0.2, 0.25) is 0 Å². The molecule has 0 aromatic carbocycles. The van der Waals surface area contributed by atoms with Crippen molar-refractivity contribution in [3.05, 3.63) is 0 Å². The summed E-state index contributed by atoms with van der Waals surface area (Å²) in [7, 11) is 6.19. The monoisotopic (exact) mass is 257 g/mol. The van der Waals surface area contributed by atoms with E-state index in [1.165, 1.54) is 19.4 Å². The van der Waals surface area contributed by atoms with Crippen LogP contribution in [0.15, 0.2) is 0 Å². The molecule has 108 valence electrons. The molecule has 1 heterocycles. The molecular weight excluding hydrogens is 226 g/mol. The van der Waals surface area contributed by atoms with Crippen LogP contribution in [0.25, 0.3) is 0 Å². The van der Waals surface area contributed by atoms with E-state index in [0.29, 0.717) is 18.6 Å². The molecule has 1 fully saturated rings. The lowest BCUT2D eigenvalue weighted by Crippen LogP contribution is -2.47. The quantitative estimate of drug-likeness (QED) is 0.743. The third kappa shape index (κ3) is 4.50. The maximum Gasteiger partial charge on any atom is 0.0638 e. The van der Waals surface area contributed by atoms with E-state index in [2.05, 4.69) is 37.7 Å². The van der Waals surface area contributed by atoms with Crippen molar-refractivity contribution in [2.75, 3.05) is 40.8 Å². The Hall–Kier alpha value is -0.160. The van der Waals surface area contributed by atoms with E-state index >= 15 is 0 Å². The Morgan fingerprint density at radius 1 is 1.50 bits per heavy atom. The smallest absolute Gasteiger partial charge is 0.0638 e. The van der Waals surface area contributed by atoms with Crippen LogP contribution < -0.4 is 5.73 Å². The highest BCUT2D eigenvalue weighted by Crippen LogP contribution is 2.21. The third-order valence-electron chi connectivity index (χ3n) is 4.35. The lowest BCUT2D eigenvalue weighted by Gasteiger charge is -2.36. The van der Waals surface area contributed by atoms with Gasteiger partial charge >= 0.3 is 0 Å². The van der Waals surface area contributed by atoms with Crippen LogP contribution in [0, 0.1) is 0 Å². The molecule has 1 rings (SSSR count). The van der Waals surface area contributed by atoms with Crippen molar-refractivity contribution >= 4 is 0 Å². The largest absolute Gasteiger partial charge is 0.379 e. The molecule has 4 heteroatoms. The van der Waals surface area contributed by atoms with Gasteiger partial charge in [-0.1, -0.05) is 0 Å². The summed E-state index contributed by atoms with van der Waals surface area (Å²) < 4.78 is 5.52. The number of likely N-dealkylation sites (tertiary alicyclic amines) is 1. The van der Waals surface area contributed by atoms with Gasteiger partial charge in [0.05, 0.1) is 5.60 Å². The molecule has 2 N–H and O–H groups in total. The predicted molar refractivity (Wildman–Crippen MR) is 76.8 cm³/mol. The van der Waals surface area contributed by atoms with Crippen molar-refractivity contribution in [2.45, 2.75) is 50.8 Å². The van der Waals surface area contributed by atoms with E-state index in [0.717, 1.165) is 13.0 Å². The van der Waals surface area contributed by atoms with Crippen molar-refractivity contribution in [2.24, 2.45) is 5.73 Å². The first-order chi connectivity index (χ1) is 8.39. The number of rotatable bonds is 7. The van der Waals surface area contributed by atoms with Crippen LogP contribution >= 0.6 is 0 Å². The number of nitrogens with zero attached hydrogens (tertiary/aromatic N) is 2. The molecule has 0 spiro atoms. The molecule has 0 aromatic heterocycles. The van der Waals surface area contributed by atoms with Crippen LogP contribution in [0.5, 0.6) is 0 Å². The van der Waals surface area contributed by atoms with E-state index in [1.54, 1.807) is 7.11 Å². The van der Waals surface area contributed by atoms with E-state index in [9.17, 15) is 0 Å². The molecule has 2 unspecified atom stereocenters. The molecule has 0 saturated carbocycles. The standard InChI is InChI=1S/C14H31N3O/c1-14(2,18-5)9-13(10-15)17(4)11-12-7-6-8-16(12)3/h12-13H,6-11,15H2,1-5H3. The maximum atomic E-state index is 5.93. The van der Waals surface area contributed by atoms with Crippen LogP contribution in [0.4, 0.5) is 0 Å². The molecule has 0 aromatic rings. The Bertz CT molecular complexity index is 245. The summed E-state index contributed by atoms with van der Waals surface area (Å²) in [4.78, 5) is 4.87. The molecule has 1 saturated heterocycles. The fraction of sp³-hybridized carbons (Fsp3) is 1.00. The second-order valence-electron chi connectivity index (χ2n) is 6.27. The van der Waals surface area contributed by atoms with Gasteiger partial charge in [-0.3, -0.25) is 0 Å². The highest BCUT2D eigenvalue weighted by Gasteiger charge is 2.28. The van der Waals surface area contributed by atoms with Crippen LogP contribution in [-0.2, 0) is 4.74 Å². The van der Waals surface area contributed by atoms with Gasteiger partial charge < -0.3 is 20.3 Å². The summed E-state index contributed by atoms with van der Waals surface area (Å²) >= 11 is 0. The number of likely N-dealkylation sites (N-methyl/N-ethyl adjacent to an activating group) is 2. The summed E-state index contributed by atoms with van der Waals surface area (Å²) in [5, 5.41) is 0. The lowest BCUT2D eigenvalue weighted by atomic mass is 9.97. The van der Waals surface area contributed by atoms with Crippen LogP contribution in [0.1, 0.15) is 33.1 Å². The first-order valence-corrected chi connectivity index (χ1v) is 7.05. The molecule has 0 bridgehead atoms. The minimum Gasteiger partial charge on any atom is -0.379 e. The van der Waals surface area contributed by atoms with Gasteiger partial charge in [-0.2, -0.15) is 0 Å². The number of hydrogen-bond donors (Lipinski definition) is 1. The van der Waals surface area contributed by atoms with Crippen molar-refractivity contribution in [3.63, 3.8) is 0 Å². The molecule has 0 amide bonds. The van der Waals surface area contributed by atoms with Crippen molar-refractivity contribution in [3.8, 4) is 0 Å². The fourth-order valence-electron chi connectivity index (χ4n) is 2.76. The minimum atomic E-state index is -0.0973. The van der Waals surface area contributed by atoms with Crippen molar-refractivity contribution in [1.82, 2.24) is 9.80 Å². The van der Waals surface area contributed by atoms with Gasteiger partial charge in [0, 0.05) is 32.3 Å². The predicted octanol–water partition coefficient (Wildman–Crippen LogP) is 1.15. The minimum absolute atomic E-state index is 0.0973. The summed E-state index contributed by atoms with van der Waals surface area (Å²) in [6.07, 6.45) is 3.62. The molecule has 1 aliphatic rings. The summed E-state index contributed by atoms with van der Waals surface area (Å²) in [6.45, 7) is 7.30. The first-order valence-electron chi connectivity index (χ1n) is 7.05. The topological polar surface area (TPSA) is 41.7 Å². The number of methoxy groups -OCH3 is 1. The molecule has 18 heavy (non-hydrogen) atoms. The van der Waals surface area contributed by atoms with E-state index in [1.807, 2.05) is 0 Å². The molecule has 4 nitrogen and oxygen atoms in total. The molecule has 0 radical (unpaired) electrons. The van der Waals surface area contributed by atoms with E-state index in [-0.39, 0.29) is 5.60 Å². The molecular formula is C14H31N3O. The average molecular weight is 257 g/mol. The SMILES string of the molecule is COC(C)(C)CC(CN)N(C)CC1CCCN1C. The highest BCUT2D eigenvalue weighted by atomic mass is 16.5. The Morgan fingerprint density at radius 2 is 2.17 bits per heavy atom. The number of nitrogens with two attached hydrogens (primary N) is 1. The van der Waals surface area contributed by atoms with Crippen LogP contribution in [0.3, 0.4) is 0 Å². The Labute approximate surface area is 112 Å². The third-order valence-corrected chi connectivity index (χ3v) is 4.35. The second-order valence-corrected chi connectivity index (χ2v) is 6.27. The zero-order valence-corrected chi connectivity index (χ0v) is 12.8. The zero-order valence-electron chi connectivity index (χ0n) is 12.8. The zero-order chi connectivity index (χ0) is 13.8. The summed E-state index contributed by atoms with van der Waals surface area (Å²) in [6, 6.07) is 1.09. The van der Waals surface area contributed by atoms with Gasteiger partial charge in [0.2, 0.25) is 0 Å². The van der Waals surface area contributed by atoms with Gasteiger partial charge in [-0.25, -0.2) is 0 Å². The summed E-state index contributed by atoms with van der Waals surface area (Å²) in [5.74, 6) is 0.